The number of hydrogen-bond donors (Lipinski definition) is 1. The van der Waals surface area contributed by atoms with E-state index in [9.17, 15) is 4.79 Å². The van der Waals surface area contributed by atoms with Crippen LogP contribution in [0.3, 0.4) is 0 Å². The second-order valence-corrected chi connectivity index (χ2v) is 5.12. The molecular formula is C19H16N2O. The molecule has 108 valence electrons. The molecule has 0 aliphatic carbocycles. The fraction of sp³-hybridized carbons (Fsp3) is 0.0526. The van der Waals surface area contributed by atoms with Gasteiger partial charge in [0.2, 0.25) is 0 Å². The van der Waals surface area contributed by atoms with Crippen LogP contribution in [0.5, 0.6) is 0 Å². The molecule has 3 nitrogen and oxygen atoms in total. The fourth-order valence-electron chi connectivity index (χ4n) is 2.34. The van der Waals surface area contributed by atoms with Crippen LogP contribution in [-0.2, 0) is 0 Å². The van der Waals surface area contributed by atoms with E-state index in [0.29, 0.717) is 5.56 Å². The largest absolute Gasteiger partial charge is 0.271 e. The van der Waals surface area contributed by atoms with Crippen LogP contribution in [0.2, 0.25) is 0 Å². The summed E-state index contributed by atoms with van der Waals surface area (Å²) in [6, 6.07) is 21.6. The minimum atomic E-state index is -0.199. The van der Waals surface area contributed by atoms with Gasteiger partial charge >= 0.3 is 0 Å². The third kappa shape index (κ3) is 3.04. The fourth-order valence-corrected chi connectivity index (χ4v) is 2.34. The molecule has 0 aliphatic rings. The van der Waals surface area contributed by atoms with Gasteiger partial charge in [-0.1, -0.05) is 54.6 Å². The Morgan fingerprint density at radius 2 is 1.68 bits per heavy atom. The lowest BCUT2D eigenvalue weighted by Gasteiger charge is -2.03. The summed E-state index contributed by atoms with van der Waals surface area (Å²) in [5, 5.41) is 6.37. The van der Waals surface area contributed by atoms with Gasteiger partial charge in [0.1, 0.15) is 0 Å². The van der Waals surface area contributed by atoms with E-state index in [-0.39, 0.29) is 5.91 Å². The second-order valence-electron chi connectivity index (χ2n) is 5.12. The third-order valence-electron chi connectivity index (χ3n) is 3.54. The van der Waals surface area contributed by atoms with Gasteiger partial charge in [0.05, 0.1) is 6.21 Å². The first kappa shape index (κ1) is 14.0. The Labute approximate surface area is 129 Å². The zero-order valence-corrected chi connectivity index (χ0v) is 12.3. The summed E-state index contributed by atoms with van der Waals surface area (Å²) in [6.07, 6.45) is 1.66. The molecule has 0 atom stereocenters. The normalized spacial score (nSPS) is 11.0. The number of amides is 1. The van der Waals surface area contributed by atoms with Gasteiger partial charge in [0.25, 0.3) is 5.91 Å². The smallest absolute Gasteiger partial charge is 0.267 e. The molecule has 3 aromatic rings. The number of benzene rings is 3. The number of hydrogen-bond acceptors (Lipinski definition) is 2. The lowest BCUT2D eigenvalue weighted by molar-refractivity contribution is 0.0954. The first-order valence-corrected chi connectivity index (χ1v) is 7.12. The molecule has 3 aromatic carbocycles. The Bertz CT molecular complexity index is 853. The molecule has 3 rings (SSSR count). The van der Waals surface area contributed by atoms with Crippen molar-refractivity contribution in [1.29, 1.82) is 0 Å². The van der Waals surface area contributed by atoms with Crippen LogP contribution in [0.4, 0.5) is 0 Å². The Kier molecular flexibility index (Phi) is 3.97. The van der Waals surface area contributed by atoms with Crippen LogP contribution in [0, 0.1) is 6.92 Å². The molecule has 1 amide bonds. The highest BCUT2D eigenvalue weighted by Gasteiger charge is 2.06. The van der Waals surface area contributed by atoms with Crippen molar-refractivity contribution in [3.8, 4) is 0 Å². The van der Waals surface area contributed by atoms with Crippen molar-refractivity contribution in [3.05, 3.63) is 83.4 Å². The molecule has 0 unspecified atom stereocenters. The van der Waals surface area contributed by atoms with Gasteiger partial charge in [-0.3, -0.25) is 4.79 Å². The van der Waals surface area contributed by atoms with Crippen LogP contribution in [-0.4, -0.2) is 12.1 Å². The maximum atomic E-state index is 12.0. The van der Waals surface area contributed by atoms with Gasteiger partial charge in [-0.05, 0) is 41.0 Å². The highest BCUT2D eigenvalue weighted by Crippen LogP contribution is 2.14. The maximum absolute atomic E-state index is 12.0. The first-order chi connectivity index (χ1) is 10.7. The molecule has 0 fully saturated rings. The van der Waals surface area contributed by atoms with E-state index in [1.807, 2.05) is 55.5 Å². The Hall–Kier alpha value is -2.94. The standard InChI is InChI=1S/C19H16N2O/c1-14-6-2-5-9-18(14)19(22)21-20-13-15-10-11-16-7-3-4-8-17(16)12-15/h2-13H,1H3,(H,21,22)/b20-13+. The Morgan fingerprint density at radius 3 is 2.50 bits per heavy atom. The number of aryl methyl sites for hydroxylation is 1. The zero-order chi connectivity index (χ0) is 15.4. The number of carbonyl (C=O) groups excluding carboxylic acids is 1. The summed E-state index contributed by atoms with van der Waals surface area (Å²) in [6.45, 7) is 1.90. The van der Waals surface area contributed by atoms with Gasteiger partial charge in [0, 0.05) is 5.56 Å². The van der Waals surface area contributed by atoms with Crippen LogP contribution in [0.15, 0.2) is 71.8 Å². The van der Waals surface area contributed by atoms with Gasteiger partial charge in [-0.25, -0.2) is 5.43 Å². The molecule has 3 heteroatoms. The highest BCUT2D eigenvalue weighted by atomic mass is 16.2. The number of hydrazone groups is 1. The summed E-state index contributed by atoms with van der Waals surface area (Å²) < 4.78 is 0. The van der Waals surface area contributed by atoms with Crippen LogP contribution < -0.4 is 5.43 Å². The average Bonchev–Trinajstić information content (AvgIpc) is 2.55. The Balaban J connectivity index is 1.73. The monoisotopic (exact) mass is 288 g/mol. The number of nitrogens with one attached hydrogen (secondary N) is 1. The zero-order valence-electron chi connectivity index (χ0n) is 12.3. The van der Waals surface area contributed by atoms with Gasteiger partial charge in [0.15, 0.2) is 0 Å². The molecule has 0 bridgehead atoms. The van der Waals surface area contributed by atoms with Crippen molar-refractivity contribution in [2.75, 3.05) is 0 Å². The van der Waals surface area contributed by atoms with Crippen molar-refractivity contribution in [3.63, 3.8) is 0 Å². The minimum Gasteiger partial charge on any atom is -0.267 e. The molecule has 0 heterocycles. The molecular weight excluding hydrogens is 272 g/mol. The number of carbonyl (C=O) groups is 1. The Morgan fingerprint density at radius 1 is 0.955 bits per heavy atom. The van der Waals surface area contributed by atoms with Gasteiger partial charge in [-0.15, -0.1) is 0 Å². The van der Waals surface area contributed by atoms with Crippen molar-refractivity contribution in [1.82, 2.24) is 5.43 Å². The van der Waals surface area contributed by atoms with Gasteiger partial charge in [-0.2, -0.15) is 5.10 Å². The van der Waals surface area contributed by atoms with Crippen LogP contribution in [0.25, 0.3) is 10.8 Å². The molecule has 0 aromatic heterocycles. The van der Waals surface area contributed by atoms with E-state index in [1.54, 1.807) is 12.3 Å². The molecule has 0 radical (unpaired) electrons. The first-order valence-electron chi connectivity index (χ1n) is 7.12. The van der Waals surface area contributed by atoms with Crippen molar-refractivity contribution < 1.29 is 4.79 Å². The van der Waals surface area contributed by atoms with Crippen molar-refractivity contribution in [2.45, 2.75) is 6.92 Å². The summed E-state index contributed by atoms with van der Waals surface area (Å²) in [4.78, 5) is 12.0. The van der Waals surface area contributed by atoms with Crippen LogP contribution in [0.1, 0.15) is 21.5 Å². The van der Waals surface area contributed by atoms with Crippen molar-refractivity contribution in [2.24, 2.45) is 5.10 Å². The molecule has 0 saturated carbocycles. The van der Waals surface area contributed by atoms with E-state index < -0.39 is 0 Å². The molecule has 0 spiro atoms. The van der Waals surface area contributed by atoms with E-state index in [4.69, 9.17) is 0 Å². The van der Waals surface area contributed by atoms with E-state index in [1.165, 1.54) is 5.39 Å². The van der Waals surface area contributed by atoms with Crippen molar-refractivity contribution >= 4 is 22.9 Å². The number of rotatable bonds is 3. The van der Waals surface area contributed by atoms with E-state index in [0.717, 1.165) is 16.5 Å². The SMILES string of the molecule is Cc1ccccc1C(=O)N/N=C/c1ccc2ccccc2c1. The number of nitrogens with zero attached hydrogens (tertiary/aromatic N) is 1. The topological polar surface area (TPSA) is 41.5 Å². The lowest BCUT2D eigenvalue weighted by Crippen LogP contribution is -2.18. The lowest BCUT2D eigenvalue weighted by atomic mass is 10.1. The molecule has 0 aliphatic heterocycles. The molecule has 1 N–H and O–H groups in total. The summed E-state index contributed by atoms with van der Waals surface area (Å²) in [5.74, 6) is -0.199. The summed E-state index contributed by atoms with van der Waals surface area (Å²) in [5.41, 5.74) is 5.08. The van der Waals surface area contributed by atoms with E-state index >= 15 is 0 Å². The summed E-state index contributed by atoms with van der Waals surface area (Å²) in [7, 11) is 0. The minimum absolute atomic E-state index is 0.199. The molecule has 22 heavy (non-hydrogen) atoms. The summed E-state index contributed by atoms with van der Waals surface area (Å²) >= 11 is 0. The van der Waals surface area contributed by atoms with E-state index in [2.05, 4.69) is 22.7 Å². The predicted molar refractivity (Wildman–Crippen MR) is 90.2 cm³/mol. The van der Waals surface area contributed by atoms with Gasteiger partial charge < -0.3 is 0 Å². The quantitative estimate of drug-likeness (QED) is 0.576. The average molecular weight is 288 g/mol. The number of fused-ring (bicyclic) bond motifs is 1. The third-order valence-corrected chi connectivity index (χ3v) is 3.54. The van der Waals surface area contributed by atoms with Crippen LogP contribution >= 0.6 is 0 Å². The highest BCUT2D eigenvalue weighted by molar-refractivity contribution is 5.96. The second kappa shape index (κ2) is 6.22. The molecule has 0 saturated heterocycles. The predicted octanol–water partition coefficient (Wildman–Crippen LogP) is 3.91. The maximum Gasteiger partial charge on any atom is 0.271 e.